The maximum atomic E-state index is 13.2. The van der Waals surface area contributed by atoms with Crippen LogP contribution in [0.25, 0.3) is 16.7 Å². The average Bonchev–Trinajstić information content (AvgIpc) is 2.73. The maximum Gasteiger partial charge on any atom is 0.182 e. The summed E-state index contributed by atoms with van der Waals surface area (Å²) >= 11 is 11.4. The van der Waals surface area contributed by atoms with Gasteiger partial charge in [0, 0.05) is 0 Å². The van der Waals surface area contributed by atoms with E-state index in [1.165, 1.54) is 12.1 Å². The van der Waals surface area contributed by atoms with Gasteiger partial charge < -0.3 is 9.72 Å². The molecule has 0 saturated carbocycles. The zero-order valence-corrected chi connectivity index (χ0v) is 12.1. The van der Waals surface area contributed by atoms with Crippen molar-refractivity contribution >= 4 is 34.9 Å². The van der Waals surface area contributed by atoms with Crippen LogP contribution in [0.15, 0.2) is 36.4 Å². The Kier molecular flexibility index (Phi) is 3.23. The van der Waals surface area contributed by atoms with Crippen LogP contribution in [0.5, 0.6) is 5.75 Å². The van der Waals surface area contributed by atoms with E-state index in [0.29, 0.717) is 21.1 Å². The molecule has 0 unspecified atom stereocenters. The molecule has 1 heterocycles. The van der Waals surface area contributed by atoms with Crippen molar-refractivity contribution in [3.63, 3.8) is 0 Å². The van der Waals surface area contributed by atoms with Crippen LogP contribution in [0.2, 0.25) is 5.02 Å². The van der Waals surface area contributed by atoms with Crippen molar-refractivity contribution in [1.82, 2.24) is 9.55 Å². The zero-order chi connectivity index (χ0) is 14.3. The number of ether oxygens (including phenoxy) is 1. The fourth-order valence-electron chi connectivity index (χ4n) is 2.13. The lowest BCUT2D eigenvalue weighted by atomic mass is 10.2. The molecule has 0 aliphatic heterocycles. The Balaban J connectivity index is 2.26. The highest BCUT2D eigenvalue weighted by atomic mass is 35.5. The van der Waals surface area contributed by atoms with Crippen molar-refractivity contribution in [3.8, 4) is 11.4 Å². The van der Waals surface area contributed by atoms with Crippen molar-refractivity contribution in [2.24, 2.45) is 0 Å². The Morgan fingerprint density at radius 2 is 2.05 bits per heavy atom. The van der Waals surface area contributed by atoms with Crippen LogP contribution in [-0.2, 0) is 0 Å². The molecule has 0 aliphatic rings. The van der Waals surface area contributed by atoms with Crippen molar-refractivity contribution in [1.29, 1.82) is 0 Å². The fraction of sp³-hybridized carbons (Fsp3) is 0.0714. The lowest BCUT2D eigenvalue weighted by Crippen LogP contribution is -1.95. The summed E-state index contributed by atoms with van der Waals surface area (Å²) in [5, 5.41) is 0.489. The van der Waals surface area contributed by atoms with Crippen LogP contribution >= 0.6 is 23.8 Å². The van der Waals surface area contributed by atoms with Gasteiger partial charge in [0.05, 0.1) is 28.9 Å². The van der Waals surface area contributed by atoms with Gasteiger partial charge >= 0.3 is 0 Å². The van der Waals surface area contributed by atoms with E-state index < -0.39 is 0 Å². The highest BCUT2D eigenvalue weighted by molar-refractivity contribution is 7.71. The molecule has 0 spiro atoms. The van der Waals surface area contributed by atoms with Gasteiger partial charge in [-0.2, -0.15) is 0 Å². The highest BCUT2D eigenvalue weighted by Gasteiger charge is 2.09. The van der Waals surface area contributed by atoms with E-state index in [1.54, 1.807) is 29.9 Å². The van der Waals surface area contributed by atoms with Crippen LogP contribution in [-0.4, -0.2) is 16.7 Å². The second-order valence-electron chi connectivity index (χ2n) is 4.25. The SMILES string of the molecule is COc1ccc(-n2c(=S)[nH]c3cc(F)ccc32)cc1Cl. The van der Waals surface area contributed by atoms with Crippen LogP contribution in [0.1, 0.15) is 0 Å². The lowest BCUT2D eigenvalue weighted by molar-refractivity contribution is 0.415. The smallest absolute Gasteiger partial charge is 0.182 e. The van der Waals surface area contributed by atoms with Gasteiger partial charge in [0.2, 0.25) is 0 Å². The van der Waals surface area contributed by atoms with E-state index in [4.69, 9.17) is 28.6 Å². The molecule has 1 aromatic heterocycles. The number of rotatable bonds is 2. The van der Waals surface area contributed by atoms with Crippen LogP contribution < -0.4 is 4.74 Å². The van der Waals surface area contributed by atoms with Gasteiger partial charge in [-0.05, 0) is 48.6 Å². The molecular weight excluding hydrogens is 299 g/mol. The summed E-state index contributed by atoms with van der Waals surface area (Å²) in [4.78, 5) is 2.98. The molecule has 0 radical (unpaired) electrons. The van der Waals surface area contributed by atoms with Gasteiger partial charge in [0.25, 0.3) is 0 Å². The maximum absolute atomic E-state index is 13.2. The Labute approximate surface area is 124 Å². The van der Waals surface area contributed by atoms with Crippen LogP contribution in [0, 0.1) is 10.6 Å². The van der Waals surface area contributed by atoms with Crippen LogP contribution in [0.4, 0.5) is 4.39 Å². The van der Waals surface area contributed by atoms with Crippen molar-refractivity contribution in [2.75, 3.05) is 7.11 Å². The fourth-order valence-corrected chi connectivity index (χ4v) is 2.70. The summed E-state index contributed by atoms with van der Waals surface area (Å²) in [5.41, 5.74) is 2.22. The molecule has 2 aromatic carbocycles. The third-order valence-corrected chi connectivity index (χ3v) is 3.62. The van der Waals surface area contributed by atoms with Gasteiger partial charge in [0.15, 0.2) is 4.77 Å². The molecule has 0 saturated heterocycles. The number of nitrogens with one attached hydrogen (secondary N) is 1. The highest BCUT2D eigenvalue weighted by Crippen LogP contribution is 2.28. The Morgan fingerprint density at radius 1 is 1.25 bits per heavy atom. The normalized spacial score (nSPS) is 10.9. The van der Waals surface area contributed by atoms with Gasteiger partial charge in [0.1, 0.15) is 11.6 Å². The summed E-state index contributed by atoms with van der Waals surface area (Å²) in [6.45, 7) is 0. The average molecular weight is 309 g/mol. The van der Waals surface area contributed by atoms with Crippen LogP contribution in [0.3, 0.4) is 0 Å². The van der Waals surface area contributed by atoms with Gasteiger partial charge in [-0.3, -0.25) is 4.57 Å². The molecule has 0 bridgehead atoms. The van der Waals surface area contributed by atoms with E-state index in [1.807, 2.05) is 6.07 Å². The number of fused-ring (bicyclic) bond motifs is 1. The first-order chi connectivity index (χ1) is 9.60. The van der Waals surface area contributed by atoms with E-state index >= 15 is 0 Å². The molecule has 0 aliphatic carbocycles. The summed E-state index contributed by atoms with van der Waals surface area (Å²) < 4.78 is 20.6. The van der Waals surface area contributed by atoms with E-state index in [0.717, 1.165) is 11.2 Å². The first-order valence-electron chi connectivity index (χ1n) is 5.84. The third kappa shape index (κ3) is 2.09. The second-order valence-corrected chi connectivity index (χ2v) is 5.04. The molecule has 3 aromatic rings. The summed E-state index contributed by atoms with van der Waals surface area (Å²) in [5.74, 6) is 0.279. The predicted molar refractivity (Wildman–Crippen MR) is 80.0 cm³/mol. The number of hydrogen-bond donors (Lipinski definition) is 1. The second kappa shape index (κ2) is 4.92. The number of H-pyrrole nitrogens is 1. The number of hydrogen-bond acceptors (Lipinski definition) is 2. The van der Waals surface area contributed by atoms with Crippen molar-refractivity contribution in [3.05, 3.63) is 52.0 Å². The molecule has 1 N–H and O–H groups in total. The number of aromatic amines is 1. The van der Waals surface area contributed by atoms with Crippen molar-refractivity contribution in [2.45, 2.75) is 0 Å². The van der Waals surface area contributed by atoms with E-state index in [-0.39, 0.29) is 5.82 Å². The number of methoxy groups -OCH3 is 1. The largest absolute Gasteiger partial charge is 0.495 e. The molecule has 0 amide bonds. The third-order valence-electron chi connectivity index (χ3n) is 3.04. The predicted octanol–water partition coefficient (Wildman–Crippen LogP) is 4.49. The Morgan fingerprint density at radius 3 is 2.75 bits per heavy atom. The van der Waals surface area contributed by atoms with Gasteiger partial charge in [-0.15, -0.1) is 0 Å². The molecule has 6 heteroatoms. The minimum absolute atomic E-state index is 0.311. The van der Waals surface area contributed by atoms with Gasteiger partial charge in [-0.1, -0.05) is 11.6 Å². The topological polar surface area (TPSA) is 29.9 Å². The number of aromatic nitrogens is 2. The summed E-state index contributed by atoms with van der Waals surface area (Å²) in [7, 11) is 1.56. The van der Waals surface area contributed by atoms with E-state index in [2.05, 4.69) is 4.98 Å². The quantitative estimate of drug-likeness (QED) is 0.707. The minimum atomic E-state index is -0.311. The molecule has 20 heavy (non-hydrogen) atoms. The molecule has 3 rings (SSSR count). The molecule has 0 atom stereocenters. The summed E-state index contributed by atoms with van der Waals surface area (Å²) in [6.07, 6.45) is 0. The van der Waals surface area contributed by atoms with E-state index in [9.17, 15) is 4.39 Å². The molecule has 102 valence electrons. The first-order valence-corrected chi connectivity index (χ1v) is 6.63. The summed E-state index contributed by atoms with van der Waals surface area (Å²) in [6, 6.07) is 9.85. The Bertz CT molecular complexity index is 856. The van der Waals surface area contributed by atoms with Crippen molar-refractivity contribution < 1.29 is 9.13 Å². The molecule has 3 nitrogen and oxygen atoms in total. The number of halogens is 2. The first kappa shape index (κ1) is 13.1. The standard InChI is InChI=1S/C14H10ClFN2OS/c1-19-13-5-3-9(7-10(13)15)18-12-4-2-8(16)6-11(12)17-14(18)20/h2-7H,1H3,(H,17,20). The minimum Gasteiger partial charge on any atom is -0.495 e. The number of imidazole rings is 1. The lowest BCUT2D eigenvalue weighted by Gasteiger charge is -2.08. The zero-order valence-electron chi connectivity index (χ0n) is 10.5. The number of benzene rings is 2. The molecule has 0 fully saturated rings. The molecular formula is C14H10ClFN2OS. The number of nitrogens with zero attached hydrogens (tertiary/aromatic N) is 1. The monoisotopic (exact) mass is 308 g/mol. The van der Waals surface area contributed by atoms with Gasteiger partial charge in [-0.25, -0.2) is 4.39 Å². The Hall–Kier alpha value is -1.85.